The van der Waals surface area contributed by atoms with Crippen LogP contribution < -0.4 is 20.7 Å². The van der Waals surface area contributed by atoms with Crippen molar-refractivity contribution in [1.82, 2.24) is 19.6 Å². The van der Waals surface area contributed by atoms with E-state index in [9.17, 15) is 19.2 Å². The van der Waals surface area contributed by atoms with Crippen molar-refractivity contribution < 1.29 is 29.0 Å². The number of anilines is 2. The van der Waals surface area contributed by atoms with Gasteiger partial charge in [-0.2, -0.15) is 4.37 Å². The zero-order valence-corrected chi connectivity index (χ0v) is 21.9. The van der Waals surface area contributed by atoms with E-state index in [4.69, 9.17) is 9.84 Å². The second-order valence-electron chi connectivity index (χ2n) is 8.34. The van der Waals surface area contributed by atoms with Crippen molar-refractivity contribution >= 4 is 47.2 Å². The highest BCUT2D eigenvalue weighted by atomic mass is 32.1. The third kappa shape index (κ3) is 7.74. The number of carbonyl (C=O) groups is 4. The van der Waals surface area contributed by atoms with Gasteiger partial charge >= 0.3 is 12.0 Å². The van der Waals surface area contributed by atoms with Gasteiger partial charge in [-0.15, -0.1) is 0 Å². The third-order valence-corrected chi connectivity index (χ3v) is 6.29. The predicted molar refractivity (Wildman–Crippen MR) is 141 cm³/mol. The number of urea groups is 1. The monoisotopic (exact) mass is 540 g/mol. The summed E-state index contributed by atoms with van der Waals surface area (Å²) in [5.41, 5.74) is 2.75. The lowest BCUT2D eigenvalue weighted by Gasteiger charge is -2.17. The smallest absolute Gasteiger partial charge is 0.326 e. The van der Waals surface area contributed by atoms with E-state index < -0.39 is 18.0 Å². The van der Waals surface area contributed by atoms with Crippen LogP contribution in [0, 0.1) is 6.92 Å². The lowest BCUT2D eigenvalue weighted by Crippen LogP contribution is -2.37. The van der Waals surface area contributed by atoms with Gasteiger partial charge in [0.2, 0.25) is 12.3 Å². The molecule has 4 amide bonds. The Balaban J connectivity index is 1.58. The van der Waals surface area contributed by atoms with Crippen LogP contribution in [-0.2, 0) is 33.8 Å². The molecule has 0 aliphatic carbocycles. The quantitative estimate of drug-likeness (QED) is 0.255. The molecule has 0 bridgehead atoms. The number of para-hydroxylation sites is 1. The van der Waals surface area contributed by atoms with Gasteiger partial charge in [0.15, 0.2) is 5.82 Å². The molecule has 0 saturated heterocycles. The molecule has 0 fully saturated rings. The predicted octanol–water partition coefficient (Wildman–Crippen LogP) is 2.44. The number of ether oxygens (including phenoxy) is 1. The number of carboxylic acid groups (broad SMARTS) is 1. The highest BCUT2D eigenvalue weighted by molar-refractivity contribution is 7.05. The van der Waals surface area contributed by atoms with Crippen LogP contribution in [0.5, 0.6) is 5.75 Å². The van der Waals surface area contributed by atoms with Crippen molar-refractivity contribution in [3.63, 3.8) is 0 Å². The van der Waals surface area contributed by atoms with Crippen LogP contribution in [0.3, 0.4) is 0 Å². The standard InChI is InChI=1S/C25H28N6O6S/c1-15-6-4-5-7-17(15)27-25(36)28-18-9-8-16(10-20(18)37-3)11-23(33)31(2)13-21-29-22(38-30-21)12-19(24(34)35)26-14-32/h4-10,14,19H,11-13H2,1-3H3,(H,26,32)(H,34,35)(H2,27,28,36). The number of aliphatic carboxylic acids is 1. The van der Waals surface area contributed by atoms with E-state index >= 15 is 0 Å². The molecule has 3 aromatic rings. The van der Waals surface area contributed by atoms with Gasteiger partial charge in [0.1, 0.15) is 16.8 Å². The highest BCUT2D eigenvalue weighted by Crippen LogP contribution is 2.26. The number of rotatable bonds is 12. The lowest BCUT2D eigenvalue weighted by molar-refractivity contribution is -0.140. The maximum absolute atomic E-state index is 12.8. The van der Waals surface area contributed by atoms with Gasteiger partial charge in [-0.1, -0.05) is 24.3 Å². The molecular formula is C25H28N6O6S. The molecule has 200 valence electrons. The molecule has 0 aliphatic rings. The molecule has 0 aliphatic heterocycles. The van der Waals surface area contributed by atoms with E-state index in [0.717, 1.165) is 17.1 Å². The topological polar surface area (TPSA) is 163 Å². The zero-order chi connectivity index (χ0) is 27.7. The molecule has 0 radical (unpaired) electrons. The Labute approximate surface area is 223 Å². The molecule has 12 nitrogen and oxygen atoms in total. The van der Waals surface area contributed by atoms with Crippen LogP contribution in [0.15, 0.2) is 42.5 Å². The van der Waals surface area contributed by atoms with Crippen LogP contribution in [0.2, 0.25) is 0 Å². The molecule has 1 unspecified atom stereocenters. The summed E-state index contributed by atoms with van der Waals surface area (Å²) in [4.78, 5) is 52.8. The van der Waals surface area contributed by atoms with Crippen molar-refractivity contribution in [1.29, 1.82) is 0 Å². The molecule has 38 heavy (non-hydrogen) atoms. The first kappa shape index (κ1) is 28.1. The van der Waals surface area contributed by atoms with Gasteiger partial charge in [0.05, 0.1) is 25.8 Å². The van der Waals surface area contributed by atoms with Gasteiger partial charge in [-0.25, -0.2) is 14.6 Å². The number of aromatic nitrogens is 2. The molecule has 13 heteroatoms. The van der Waals surface area contributed by atoms with Crippen LogP contribution in [0.1, 0.15) is 22.0 Å². The van der Waals surface area contributed by atoms with E-state index in [1.165, 1.54) is 12.0 Å². The summed E-state index contributed by atoms with van der Waals surface area (Å²) in [6.07, 6.45) is 0.390. The summed E-state index contributed by atoms with van der Waals surface area (Å²) in [6, 6.07) is 11.0. The summed E-state index contributed by atoms with van der Waals surface area (Å²) in [5.74, 6) is -0.606. The molecule has 3 rings (SSSR count). The van der Waals surface area contributed by atoms with Crippen molar-refractivity contribution in [2.75, 3.05) is 24.8 Å². The number of amides is 4. The fourth-order valence-corrected chi connectivity index (χ4v) is 4.16. The molecule has 1 heterocycles. The maximum Gasteiger partial charge on any atom is 0.326 e. The van der Waals surface area contributed by atoms with Gasteiger partial charge in [0, 0.05) is 19.2 Å². The van der Waals surface area contributed by atoms with Crippen molar-refractivity contribution in [3.8, 4) is 5.75 Å². The molecule has 1 atom stereocenters. The van der Waals surface area contributed by atoms with E-state index in [2.05, 4.69) is 25.3 Å². The Morgan fingerprint density at radius 1 is 1.16 bits per heavy atom. The molecular weight excluding hydrogens is 512 g/mol. The SMILES string of the molecule is COc1cc(CC(=O)N(C)Cc2nsc(CC(NC=O)C(=O)O)n2)ccc1NC(=O)Nc1ccccc1C. The zero-order valence-electron chi connectivity index (χ0n) is 21.1. The Hall–Kier alpha value is -4.52. The number of carboxylic acids is 1. The van der Waals surface area contributed by atoms with E-state index in [1.807, 2.05) is 25.1 Å². The Morgan fingerprint density at radius 3 is 2.58 bits per heavy atom. The van der Waals surface area contributed by atoms with E-state index in [-0.39, 0.29) is 25.3 Å². The third-order valence-electron chi connectivity index (χ3n) is 5.52. The fraction of sp³-hybridized carbons (Fsp3) is 0.280. The summed E-state index contributed by atoms with van der Waals surface area (Å²) in [5, 5.41) is 17.4. The van der Waals surface area contributed by atoms with E-state index in [0.29, 0.717) is 39.9 Å². The molecule has 4 N–H and O–H groups in total. The number of methoxy groups -OCH3 is 1. The maximum atomic E-state index is 12.8. The van der Waals surface area contributed by atoms with Crippen LogP contribution >= 0.6 is 11.5 Å². The minimum absolute atomic E-state index is 0.00738. The highest BCUT2D eigenvalue weighted by Gasteiger charge is 2.20. The average Bonchev–Trinajstić information content (AvgIpc) is 3.32. The molecule has 0 saturated carbocycles. The number of benzene rings is 2. The van der Waals surface area contributed by atoms with Crippen molar-refractivity contribution in [2.24, 2.45) is 0 Å². The number of aryl methyl sites for hydroxylation is 1. The Kier molecular flexibility index (Phi) is 9.71. The first-order chi connectivity index (χ1) is 18.2. The van der Waals surface area contributed by atoms with E-state index in [1.54, 1.807) is 31.3 Å². The molecule has 0 spiro atoms. The second-order valence-corrected chi connectivity index (χ2v) is 9.18. The fourth-order valence-electron chi connectivity index (χ4n) is 3.46. The number of nitrogens with one attached hydrogen (secondary N) is 3. The first-order valence-electron chi connectivity index (χ1n) is 11.5. The van der Waals surface area contributed by atoms with Crippen LogP contribution in [0.25, 0.3) is 0 Å². The second kappa shape index (κ2) is 13.1. The Bertz CT molecular complexity index is 1310. The summed E-state index contributed by atoms with van der Waals surface area (Å²) >= 11 is 1.02. The number of carbonyl (C=O) groups excluding carboxylic acids is 3. The van der Waals surface area contributed by atoms with Crippen molar-refractivity contribution in [2.45, 2.75) is 32.4 Å². The number of hydrogen-bond donors (Lipinski definition) is 4. The largest absolute Gasteiger partial charge is 0.495 e. The molecule has 2 aromatic carbocycles. The number of hydrogen-bond acceptors (Lipinski definition) is 8. The number of likely N-dealkylation sites (N-methyl/N-ethyl adjacent to an activating group) is 1. The summed E-state index contributed by atoms with van der Waals surface area (Å²) in [7, 11) is 3.09. The minimum Gasteiger partial charge on any atom is -0.495 e. The average molecular weight is 541 g/mol. The molecule has 1 aromatic heterocycles. The van der Waals surface area contributed by atoms with Crippen LogP contribution in [0.4, 0.5) is 16.2 Å². The van der Waals surface area contributed by atoms with Gasteiger partial charge in [-0.05, 0) is 47.8 Å². The van der Waals surface area contributed by atoms with Crippen molar-refractivity contribution in [3.05, 3.63) is 64.4 Å². The Morgan fingerprint density at radius 2 is 1.89 bits per heavy atom. The van der Waals surface area contributed by atoms with Gasteiger partial charge in [0.25, 0.3) is 0 Å². The number of nitrogens with zero attached hydrogens (tertiary/aromatic N) is 3. The first-order valence-corrected chi connectivity index (χ1v) is 12.3. The van der Waals surface area contributed by atoms with Gasteiger partial charge < -0.3 is 30.7 Å². The summed E-state index contributed by atoms with van der Waals surface area (Å²) < 4.78 is 9.59. The van der Waals surface area contributed by atoms with Crippen LogP contribution in [-0.4, -0.2) is 63.9 Å². The minimum atomic E-state index is -1.18. The van der Waals surface area contributed by atoms with Gasteiger partial charge in [-0.3, -0.25) is 9.59 Å². The summed E-state index contributed by atoms with van der Waals surface area (Å²) in [6.45, 7) is 2.02. The normalized spacial score (nSPS) is 11.2. The lowest BCUT2D eigenvalue weighted by atomic mass is 10.1.